The molecule has 2 aromatic heterocycles. The van der Waals surface area contributed by atoms with Gasteiger partial charge in [0.25, 0.3) is 5.69 Å². The van der Waals surface area contributed by atoms with Gasteiger partial charge in [0.15, 0.2) is 17.1 Å². The third-order valence-corrected chi connectivity index (χ3v) is 5.96. The molecule has 5 rings (SSSR count). The van der Waals surface area contributed by atoms with Crippen LogP contribution in [-0.2, 0) is 6.42 Å². The molecule has 0 spiro atoms. The van der Waals surface area contributed by atoms with E-state index < -0.39 is 4.92 Å². The van der Waals surface area contributed by atoms with Crippen LogP contribution in [0, 0.1) is 10.1 Å². The Morgan fingerprint density at radius 3 is 2.29 bits per heavy atom. The Labute approximate surface area is 200 Å². The monoisotopic (exact) mass is 469 g/mol. The summed E-state index contributed by atoms with van der Waals surface area (Å²) in [7, 11) is 3.07. The average molecular weight is 469 g/mol. The molecule has 0 atom stereocenters. The molecule has 3 aromatic carbocycles. The molecular weight excluding hydrogens is 448 g/mol. The molecule has 0 unspecified atom stereocenters. The van der Waals surface area contributed by atoms with Crippen LogP contribution in [0.1, 0.15) is 12.6 Å². The topological polar surface area (TPSA) is 115 Å². The van der Waals surface area contributed by atoms with Crippen molar-refractivity contribution in [2.75, 3.05) is 14.2 Å². The van der Waals surface area contributed by atoms with Crippen LogP contribution in [0.15, 0.2) is 60.7 Å². The summed E-state index contributed by atoms with van der Waals surface area (Å²) >= 11 is 0. The molecule has 0 N–H and O–H groups in total. The van der Waals surface area contributed by atoms with Gasteiger partial charge in [-0.3, -0.25) is 10.1 Å². The van der Waals surface area contributed by atoms with Crippen molar-refractivity contribution in [1.29, 1.82) is 0 Å². The Kier molecular flexibility index (Phi) is 5.44. The molecule has 0 saturated carbocycles. The minimum absolute atomic E-state index is 0.122. The number of methoxy groups -OCH3 is 2. The number of fused-ring (bicyclic) bond motifs is 3. The number of benzene rings is 3. The van der Waals surface area contributed by atoms with Gasteiger partial charge >= 0.3 is 0 Å². The molecule has 0 saturated heterocycles. The summed E-state index contributed by atoms with van der Waals surface area (Å²) in [6.45, 7) is 2.01. The number of para-hydroxylation sites is 1. The van der Waals surface area contributed by atoms with Gasteiger partial charge in [-0.05, 0) is 36.2 Å². The Morgan fingerprint density at radius 1 is 0.971 bits per heavy atom. The van der Waals surface area contributed by atoms with E-state index in [4.69, 9.17) is 19.6 Å². The first kappa shape index (κ1) is 22.1. The second-order valence-electron chi connectivity index (χ2n) is 7.90. The van der Waals surface area contributed by atoms with Gasteiger partial charge in [-0.1, -0.05) is 36.9 Å². The van der Waals surface area contributed by atoms with Gasteiger partial charge in [-0.2, -0.15) is 5.10 Å². The highest BCUT2D eigenvalue weighted by Crippen LogP contribution is 2.43. The first-order valence-corrected chi connectivity index (χ1v) is 10.9. The van der Waals surface area contributed by atoms with Gasteiger partial charge in [0.05, 0.1) is 41.6 Å². The summed E-state index contributed by atoms with van der Waals surface area (Å²) in [5, 5.41) is 31.4. The summed E-state index contributed by atoms with van der Waals surface area (Å²) in [6.07, 6.45) is 0.643. The number of aromatic nitrogens is 3. The minimum atomic E-state index is -0.531. The fourth-order valence-corrected chi connectivity index (χ4v) is 4.30. The van der Waals surface area contributed by atoms with Crippen molar-refractivity contribution in [1.82, 2.24) is 14.8 Å². The predicted octanol–water partition coefficient (Wildman–Crippen LogP) is 4.80. The van der Waals surface area contributed by atoms with Crippen LogP contribution in [-0.4, -0.2) is 33.9 Å². The van der Waals surface area contributed by atoms with Crippen molar-refractivity contribution in [3.05, 3.63) is 76.5 Å². The molecule has 5 aromatic rings. The molecule has 0 aliphatic rings. The molecular formula is C26H21N4O5-. The Morgan fingerprint density at radius 2 is 1.66 bits per heavy atom. The Bertz CT molecular complexity index is 1600. The number of non-ortho nitro benzene ring substituents is 1. The first-order chi connectivity index (χ1) is 17.0. The lowest BCUT2D eigenvalue weighted by molar-refractivity contribution is -0.385. The van der Waals surface area contributed by atoms with Crippen LogP contribution in [0.2, 0.25) is 0 Å². The van der Waals surface area contributed by atoms with Crippen LogP contribution < -0.4 is 14.6 Å². The van der Waals surface area contributed by atoms with Gasteiger partial charge in [0.2, 0.25) is 0 Å². The van der Waals surface area contributed by atoms with E-state index in [0.717, 1.165) is 22.2 Å². The average Bonchev–Trinajstić information content (AvgIpc) is 3.27. The van der Waals surface area contributed by atoms with Crippen LogP contribution in [0.3, 0.4) is 0 Å². The summed E-state index contributed by atoms with van der Waals surface area (Å²) in [4.78, 5) is 15.8. The zero-order chi connectivity index (χ0) is 24.7. The summed E-state index contributed by atoms with van der Waals surface area (Å²) in [5.74, 6) is 0.586. The van der Waals surface area contributed by atoms with E-state index in [1.165, 1.54) is 25.3 Å². The molecule has 0 bridgehead atoms. The van der Waals surface area contributed by atoms with E-state index in [-0.39, 0.29) is 17.0 Å². The highest BCUT2D eigenvalue weighted by atomic mass is 16.6. The molecule has 9 nitrogen and oxygen atoms in total. The maximum Gasteiger partial charge on any atom is 0.270 e. The third-order valence-electron chi connectivity index (χ3n) is 5.96. The van der Waals surface area contributed by atoms with E-state index in [0.29, 0.717) is 34.6 Å². The zero-order valence-electron chi connectivity index (χ0n) is 19.3. The van der Waals surface area contributed by atoms with Gasteiger partial charge in [0, 0.05) is 22.9 Å². The van der Waals surface area contributed by atoms with Crippen molar-refractivity contribution >= 4 is 27.5 Å². The van der Waals surface area contributed by atoms with Crippen LogP contribution in [0.25, 0.3) is 38.8 Å². The van der Waals surface area contributed by atoms with Crippen molar-refractivity contribution in [3.63, 3.8) is 0 Å². The number of nitro benzene ring substituents is 1. The van der Waals surface area contributed by atoms with E-state index >= 15 is 0 Å². The summed E-state index contributed by atoms with van der Waals surface area (Å²) in [5.41, 5.74) is 2.40. The first-order valence-electron chi connectivity index (χ1n) is 10.9. The highest BCUT2D eigenvalue weighted by Gasteiger charge is 2.22. The molecule has 176 valence electrons. The van der Waals surface area contributed by atoms with Crippen molar-refractivity contribution < 1.29 is 19.5 Å². The second kappa shape index (κ2) is 8.60. The van der Waals surface area contributed by atoms with Crippen LogP contribution >= 0.6 is 0 Å². The fourth-order valence-electron chi connectivity index (χ4n) is 4.30. The molecule has 9 heteroatoms. The summed E-state index contributed by atoms with van der Waals surface area (Å²) < 4.78 is 12.8. The number of rotatable bonds is 6. The normalized spacial score (nSPS) is 11.2. The molecule has 2 heterocycles. The number of nitro groups is 1. The molecule has 0 aliphatic heterocycles. The number of pyridine rings is 1. The van der Waals surface area contributed by atoms with E-state index in [2.05, 4.69) is 0 Å². The van der Waals surface area contributed by atoms with Gasteiger partial charge in [-0.15, -0.1) is 0 Å². The van der Waals surface area contributed by atoms with E-state index in [1.807, 2.05) is 43.3 Å². The molecule has 0 aliphatic carbocycles. The maximum absolute atomic E-state index is 12.9. The molecule has 0 amide bonds. The lowest BCUT2D eigenvalue weighted by Crippen LogP contribution is -2.01. The van der Waals surface area contributed by atoms with Crippen LogP contribution in [0.5, 0.6) is 17.2 Å². The number of aryl methyl sites for hydroxylation is 1. The minimum Gasteiger partial charge on any atom is -0.872 e. The standard InChI is InChI=1S/C26H22N4O5/c1-4-20-24-17-13-22(34-2)23(35-3)14-18(17)25(19-12-16(30(32)33)10-11-21(19)31)27-26(24)29(28-20)15-8-6-5-7-9-15/h5-14,31H,4H2,1-3H3/p-1. The second-order valence-corrected chi connectivity index (χ2v) is 7.90. The smallest absolute Gasteiger partial charge is 0.270 e. The number of ether oxygens (including phenoxy) is 2. The molecule has 0 radical (unpaired) electrons. The summed E-state index contributed by atoms with van der Waals surface area (Å²) in [6, 6.07) is 16.8. The quantitative estimate of drug-likeness (QED) is 0.259. The maximum atomic E-state index is 12.9. The van der Waals surface area contributed by atoms with Crippen molar-refractivity contribution in [2.45, 2.75) is 13.3 Å². The Hall–Kier alpha value is -4.66. The van der Waals surface area contributed by atoms with Gasteiger partial charge < -0.3 is 14.6 Å². The fraction of sp³-hybridized carbons (Fsp3) is 0.154. The lowest BCUT2D eigenvalue weighted by atomic mass is 9.98. The van der Waals surface area contributed by atoms with E-state index in [1.54, 1.807) is 17.9 Å². The van der Waals surface area contributed by atoms with Crippen molar-refractivity contribution in [3.8, 4) is 34.2 Å². The largest absolute Gasteiger partial charge is 0.872 e. The number of hydrogen-bond donors (Lipinski definition) is 0. The zero-order valence-corrected chi connectivity index (χ0v) is 19.3. The molecule has 35 heavy (non-hydrogen) atoms. The van der Waals surface area contributed by atoms with E-state index in [9.17, 15) is 15.2 Å². The highest BCUT2D eigenvalue weighted by molar-refractivity contribution is 6.13. The number of hydrogen-bond acceptors (Lipinski definition) is 7. The predicted molar refractivity (Wildman–Crippen MR) is 130 cm³/mol. The SMILES string of the molecule is CCc1nn(-c2ccccc2)c2nc(-c3cc([N+](=O)[O-])ccc3[O-])c3cc(OC)c(OC)cc3c12. The number of nitrogens with zero attached hydrogens (tertiary/aromatic N) is 4. The molecule has 0 fully saturated rings. The third kappa shape index (κ3) is 3.57. The van der Waals surface area contributed by atoms with Gasteiger partial charge in [0.1, 0.15) is 0 Å². The Balaban J connectivity index is 1.98. The lowest BCUT2D eigenvalue weighted by Gasteiger charge is -2.17. The van der Waals surface area contributed by atoms with Crippen molar-refractivity contribution in [2.24, 2.45) is 0 Å². The van der Waals surface area contributed by atoms with Crippen LogP contribution in [0.4, 0.5) is 5.69 Å². The van der Waals surface area contributed by atoms with Gasteiger partial charge in [-0.25, -0.2) is 9.67 Å².